The van der Waals surface area contributed by atoms with Crippen molar-refractivity contribution in [2.45, 2.75) is 50.0 Å². The molecule has 1 aromatic rings. The number of hydrogen-bond donors (Lipinski definition) is 2. The van der Waals surface area contributed by atoms with E-state index in [1.807, 2.05) is 13.2 Å². The zero-order chi connectivity index (χ0) is 15.9. The molecular weight excluding hydrogens is 308 g/mol. The number of thioether (sulfide) groups is 1. The first kappa shape index (κ1) is 18.5. The second-order valence-corrected chi connectivity index (χ2v) is 7.89. The normalized spacial score (nSPS) is 12.8. The van der Waals surface area contributed by atoms with E-state index in [0.717, 1.165) is 19.4 Å². The largest absolute Gasteiger partial charge is 0.447 e. The van der Waals surface area contributed by atoms with Gasteiger partial charge in [0, 0.05) is 11.3 Å². The quantitative estimate of drug-likeness (QED) is 0.688. The molecule has 0 saturated carbocycles. The molecule has 0 aliphatic rings. The van der Waals surface area contributed by atoms with Crippen molar-refractivity contribution in [2.75, 3.05) is 19.3 Å². The van der Waals surface area contributed by atoms with E-state index in [4.69, 9.17) is 4.42 Å². The molecule has 0 aliphatic carbocycles. The molecule has 0 spiro atoms. The van der Waals surface area contributed by atoms with Crippen LogP contribution in [0, 0.1) is 0 Å². The molecule has 0 atom stereocenters. The zero-order valence-electron chi connectivity index (χ0n) is 13.2. The molecule has 7 heteroatoms. The van der Waals surface area contributed by atoms with Gasteiger partial charge >= 0.3 is 0 Å². The summed E-state index contributed by atoms with van der Waals surface area (Å²) in [6.45, 7) is 7.90. The van der Waals surface area contributed by atoms with Gasteiger partial charge in [0.1, 0.15) is 5.76 Å². The van der Waals surface area contributed by atoms with Crippen molar-refractivity contribution in [3.8, 4) is 0 Å². The van der Waals surface area contributed by atoms with Crippen LogP contribution < -0.4 is 10.0 Å². The third-order valence-electron chi connectivity index (χ3n) is 3.76. The highest BCUT2D eigenvalue weighted by atomic mass is 32.2. The molecule has 2 N–H and O–H groups in total. The maximum absolute atomic E-state index is 12.3. The molecule has 122 valence electrons. The van der Waals surface area contributed by atoms with Crippen molar-refractivity contribution in [1.29, 1.82) is 0 Å². The van der Waals surface area contributed by atoms with Crippen LogP contribution in [-0.4, -0.2) is 32.5 Å². The van der Waals surface area contributed by atoms with Gasteiger partial charge < -0.3 is 9.73 Å². The molecule has 1 heterocycles. The third-order valence-corrected chi connectivity index (χ3v) is 6.62. The first-order chi connectivity index (χ1) is 9.93. The van der Waals surface area contributed by atoms with Gasteiger partial charge in [0.05, 0.1) is 6.54 Å². The predicted octanol–water partition coefficient (Wildman–Crippen LogP) is 2.59. The van der Waals surface area contributed by atoms with Crippen molar-refractivity contribution < 1.29 is 12.8 Å². The summed E-state index contributed by atoms with van der Waals surface area (Å²) in [5, 5.41) is 3.08. The second kappa shape index (κ2) is 8.22. The zero-order valence-corrected chi connectivity index (χ0v) is 14.9. The van der Waals surface area contributed by atoms with Gasteiger partial charge in [-0.05, 0) is 37.8 Å². The Kier molecular flexibility index (Phi) is 7.26. The Morgan fingerprint density at radius 2 is 1.90 bits per heavy atom. The van der Waals surface area contributed by atoms with Crippen LogP contribution in [0.25, 0.3) is 0 Å². The van der Waals surface area contributed by atoms with Gasteiger partial charge in [-0.3, -0.25) is 0 Å². The number of hydrogen-bond acceptors (Lipinski definition) is 5. The summed E-state index contributed by atoms with van der Waals surface area (Å²) in [5.74, 6) is 0.624. The van der Waals surface area contributed by atoms with Gasteiger partial charge in [0.2, 0.25) is 5.09 Å². The van der Waals surface area contributed by atoms with Gasteiger partial charge in [-0.25, -0.2) is 13.1 Å². The maximum Gasteiger partial charge on any atom is 0.274 e. The molecule has 0 aliphatic heterocycles. The molecular formula is C14H26N2O3S2. The number of sulfonamides is 1. The molecule has 1 aromatic heterocycles. The molecule has 0 bridgehead atoms. The topological polar surface area (TPSA) is 71.3 Å². The minimum atomic E-state index is -3.59. The lowest BCUT2D eigenvalue weighted by Crippen LogP contribution is -2.39. The summed E-state index contributed by atoms with van der Waals surface area (Å²) >= 11 is 1.70. The van der Waals surface area contributed by atoms with Gasteiger partial charge in [-0.15, -0.1) is 0 Å². The number of nitrogens with one attached hydrogen (secondary N) is 2. The van der Waals surface area contributed by atoms with Crippen LogP contribution in [0.2, 0.25) is 0 Å². The average Bonchev–Trinajstić information content (AvgIpc) is 2.97. The molecule has 5 nitrogen and oxygen atoms in total. The molecule has 0 fully saturated rings. The smallest absolute Gasteiger partial charge is 0.274 e. The van der Waals surface area contributed by atoms with E-state index in [0.29, 0.717) is 18.8 Å². The molecule has 0 amide bonds. The molecule has 1 rings (SSSR count). The summed E-state index contributed by atoms with van der Waals surface area (Å²) in [6, 6.07) is 3.20. The van der Waals surface area contributed by atoms with E-state index in [-0.39, 0.29) is 9.84 Å². The van der Waals surface area contributed by atoms with Crippen molar-refractivity contribution in [3.63, 3.8) is 0 Å². The number of rotatable bonds is 10. The molecule has 0 aromatic carbocycles. The van der Waals surface area contributed by atoms with Gasteiger partial charge in [0.15, 0.2) is 0 Å². The summed E-state index contributed by atoms with van der Waals surface area (Å²) < 4.78 is 32.6. The minimum Gasteiger partial charge on any atom is -0.447 e. The summed E-state index contributed by atoms with van der Waals surface area (Å²) in [4.78, 5) is 0. The fourth-order valence-electron chi connectivity index (χ4n) is 2.00. The van der Waals surface area contributed by atoms with E-state index < -0.39 is 10.0 Å². The van der Waals surface area contributed by atoms with Crippen LogP contribution >= 0.6 is 11.8 Å². The van der Waals surface area contributed by atoms with Gasteiger partial charge in [-0.2, -0.15) is 11.8 Å². The van der Waals surface area contributed by atoms with E-state index >= 15 is 0 Å². The maximum atomic E-state index is 12.3. The minimum absolute atomic E-state index is 0.0161. The van der Waals surface area contributed by atoms with Crippen LogP contribution in [0.4, 0.5) is 0 Å². The highest BCUT2D eigenvalue weighted by Gasteiger charge is 2.28. The van der Waals surface area contributed by atoms with Crippen molar-refractivity contribution in [1.82, 2.24) is 10.0 Å². The van der Waals surface area contributed by atoms with Gasteiger partial charge in [-0.1, -0.05) is 20.8 Å². The Bertz CT molecular complexity index is 514. The third kappa shape index (κ3) is 5.02. The first-order valence-corrected chi connectivity index (χ1v) is 9.98. The molecule has 0 saturated heterocycles. The lowest BCUT2D eigenvalue weighted by Gasteiger charge is -2.29. The van der Waals surface area contributed by atoms with E-state index in [9.17, 15) is 8.42 Å². The van der Waals surface area contributed by atoms with Crippen molar-refractivity contribution in [2.24, 2.45) is 0 Å². The fraction of sp³-hybridized carbons (Fsp3) is 0.714. The average molecular weight is 335 g/mol. The van der Waals surface area contributed by atoms with E-state index in [1.165, 1.54) is 6.07 Å². The van der Waals surface area contributed by atoms with E-state index in [1.54, 1.807) is 17.8 Å². The standard InChI is InChI=1S/C14H26N2O3S2/c1-5-14(6-2,20-4)11-16-21(17,18)13-9-8-12(19-13)10-15-7-3/h8-9,15-16H,5-7,10-11H2,1-4H3. The van der Waals surface area contributed by atoms with Crippen LogP contribution in [0.3, 0.4) is 0 Å². The van der Waals surface area contributed by atoms with Crippen LogP contribution in [-0.2, 0) is 16.6 Å². The summed E-state index contributed by atoms with van der Waals surface area (Å²) in [6.07, 6.45) is 3.84. The Morgan fingerprint density at radius 3 is 2.43 bits per heavy atom. The Morgan fingerprint density at radius 1 is 1.24 bits per heavy atom. The first-order valence-electron chi connectivity index (χ1n) is 7.27. The second-order valence-electron chi connectivity index (χ2n) is 4.92. The van der Waals surface area contributed by atoms with Crippen molar-refractivity contribution >= 4 is 21.8 Å². The number of furan rings is 1. The van der Waals surface area contributed by atoms with Crippen LogP contribution in [0.15, 0.2) is 21.6 Å². The summed E-state index contributed by atoms with van der Waals surface area (Å²) in [7, 11) is -3.59. The molecule has 0 unspecified atom stereocenters. The monoisotopic (exact) mass is 334 g/mol. The van der Waals surface area contributed by atoms with Crippen molar-refractivity contribution in [3.05, 3.63) is 17.9 Å². The summed E-state index contributed by atoms with van der Waals surface area (Å²) in [5.41, 5.74) is 0. The van der Waals surface area contributed by atoms with E-state index in [2.05, 4.69) is 23.9 Å². The van der Waals surface area contributed by atoms with Gasteiger partial charge in [0.25, 0.3) is 10.0 Å². The SMILES string of the molecule is CCNCc1ccc(S(=O)(=O)NCC(CC)(CC)SC)o1. The Labute approximate surface area is 132 Å². The van der Waals surface area contributed by atoms with Crippen LogP contribution in [0.1, 0.15) is 39.4 Å². The fourth-order valence-corrected chi connectivity index (χ4v) is 3.96. The lowest BCUT2D eigenvalue weighted by atomic mass is 10.0. The highest BCUT2D eigenvalue weighted by Crippen LogP contribution is 2.30. The molecule has 0 radical (unpaired) electrons. The highest BCUT2D eigenvalue weighted by molar-refractivity contribution is 8.00. The van der Waals surface area contributed by atoms with Crippen LogP contribution in [0.5, 0.6) is 0 Å². The Balaban J connectivity index is 2.75. The lowest BCUT2D eigenvalue weighted by molar-refractivity contribution is 0.400. The Hall–Kier alpha value is -0.500. The predicted molar refractivity (Wildman–Crippen MR) is 88.1 cm³/mol. The molecule has 21 heavy (non-hydrogen) atoms.